The molecule has 0 bridgehead atoms. The van der Waals surface area contributed by atoms with Crippen molar-refractivity contribution in [1.82, 2.24) is 10.2 Å². The van der Waals surface area contributed by atoms with Crippen LogP contribution in [0, 0.1) is 0 Å². The van der Waals surface area contributed by atoms with Crippen LogP contribution in [0.5, 0.6) is 5.75 Å². The van der Waals surface area contributed by atoms with Crippen LogP contribution in [0.1, 0.15) is 5.69 Å². The normalized spacial score (nSPS) is 10.5. The third-order valence-corrected chi connectivity index (χ3v) is 4.63. The van der Waals surface area contributed by atoms with E-state index >= 15 is 0 Å². The minimum Gasteiger partial charge on any atom is -0.497 e. The highest BCUT2D eigenvalue weighted by molar-refractivity contribution is 5.84. The summed E-state index contributed by atoms with van der Waals surface area (Å²) in [7, 11) is 3.04. The summed E-state index contributed by atoms with van der Waals surface area (Å²) in [6.45, 7) is -0.599. The van der Waals surface area contributed by atoms with Crippen LogP contribution in [-0.4, -0.2) is 54.4 Å². The average molecular weight is 427 g/mol. The highest BCUT2D eigenvalue weighted by Gasteiger charge is 2.27. The third kappa shape index (κ3) is 5.30. The Hall–Kier alpha value is -4.08. The molecule has 10 heteroatoms. The van der Waals surface area contributed by atoms with E-state index in [1.807, 2.05) is 18.2 Å². The second-order valence-electron chi connectivity index (χ2n) is 6.80. The molecule has 0 spiro atoms. The molecule has 0 unspecified atom stereocenters. The number of nitrogens with zero attached hydrogens (tertiary/aromatic N) is 3. The van der Waals surface area contributed by atoms with E-state index in [-0.39, 0.29) is 31.2 Å². The van der Waals surface area contributed by atoms with Crippen LogP contribution in [0.2, 0.25) is 0 Å². The zero-order chi connectivity index (χ0) is 22.4. The molecule has 3 rings (SSSR count). The number of likely N-dealkylation sites (N-methyl/N-ethyl adjacent to an activating group) is 1. The van der Waals surface area contributed by atoms with Crippen molar-refractivity contribution >= 4 is 17.6 Å². The van der Waals surface area contributed by atoms with E-state index in [1.54, 1.807) is 36.4 Å². The van der Waals surface area contributed by atoms with Crippen molar-refractivity contribution in [2.75, 3.05) is 32.1 Å². The number of nitrogens with one attached hydrogen (secondary N) is 1. The van der Waals surface area contributed by atoms with Gasteiger partial charge in [0, 0.05) is 30.9 Å². The molecule has 0 aliphatic heterocycles. The second kappa shape index (κ2) is 9.61. The number of anilines is 1. The predicted octanol–water partition coefficient (Wildman–Crippen LogP) is 0.803. The van der Waals surface area contributed by atoms with E-state index in [1.165, 1.54) is 28.6 Å². The molecule has 3 aromatic rings. The molecular weight excluding hydrogens is 404 g/mol. The quantitative estimate of drug-likeness (QED) is 0.485. The first-order chi connectivity index (χ1) is 14.9. The summed E-state index contributed by atoms with van der Waals surface area (Å²) in [5.74, 6) is -0.904. The standard InChI is InChI=1S/C21H22N4O6/c1-23(12-18-21(29)31-22-25(18)15-7-4-3-5-8-15)19(26)13-24(14-20(27)28)16-9-6-10-17(11-16)30-2/h3-11H,12-14H2,1-2H3,(H-,22,27,28,29)/p+1. The van der Waals surface area contributed by atoms with Gasteiger partial charge < -0.3 is 19.6 Å². The van der Waals surface area contributed by atoms with Crippen LogP contribution < -0.4 is 19.9 Å². The van der Waals surface area contributed by atoms with Crippen molar-refractivity contribution in [2.24, 2.45) is 0 Å². The molecule has 10 nitrogen and oxygen atoms in total. The zero-order valence-corrected chi connectivity index (χ0v) is 17.1. The molecule has 1 amide bonds. The highest BCUT2D eigenvalue weighted by atomic mass is 16.5. The Balaban J connectivity index is 1.78. The monoisotopic (exact) mass is 427 g/mol. The third-order valence-electron chi connectivity index (χ3n) is 4.63. The summed E-state index contributed by atoms with van der Waals surface area (Å²) >= 11 is 0. The number of carbonyl (C=O) groups is 2. The first kappa shape index (κ1) is 21.6. The zero-order valence-electron chi connectivity index (χ0n) is 17.1. The van der Waals surface area contributed by atoms with Crippen LogP contribution >= 0.6 is 0 Å². The first-order valence-electron chi connectivity index (χ1n) is 9.41. The van der Waals surface area contributed by atoms with Crippen LogP contribution in [0.4, 0.5) is 5.69 Å². The lowest BCUT2D eigenvalue weighted by molar-refractivity contribution is -0.678. The van der Waals surface area contributed by atoms with Crippen molar-refractivity contribution in [3.8, 4) is 11.4 Å². The van der Waals surface area contributed by atoms with Gasteiger partial charge in [-0.05, 0) is 22.1 Å². The number of para-hydroxylation sites is 1. The number of H-pyrrole nitrogens is 1. The van der Waals surface area contributed by atoms with E-state index in [4.69, 9.17) is 9.26 Å². The lowest BCUT2D eigenvalue weighted by Gasteiger charge is -2.25. The summed E-state index contributed by atoms with van der Waals surface area (Å²) in [6.07, 6.45) is 0. The summed E-state index contributed by atoms with van der Waals surface area (Å²) in [5.41, 5.74) is 0.837. The van der Waals surface area contributed by atoms with Gasteiger partial charge in [0.2, 0.25) is 11.6 Å². The van der Waals surface area contributed by atoms with E-state index in [0.29, 0.717) is 17.1 Å². The van der Waals surface area contributed by atoms with Gasteiger partial charge in [-0.2, -0.15) is 0 Å². The number of rotatable bonds is 9. The molecule has 162 valence electrons. The van der Waals surface area contributed by atoms with Crippen molar-refractivity contribution in [3.05, 3.63) is 70.7 Å². The lowest BCUT2D eigenvalue weighted by Crippen LogP contribution is -2.45. The van der Waals surface area contributed by atoms with Gasteiger partial charge in [0.05, 0.1) is 13.7 Å². The van der Waals surface area contributed by atoms with Gasteiger partial charge in [0.15, 0.2) is 0 Å². The molecule has 31 heavy (non-hydrogen) atoms. The van der Waals surface area contributed by atoms with Gasteiger partial charge in [-0.1, -0.05) is 24.3 Å². The smallest absolute Gasteiger partial charge is 0.432 e. The molecule has 1 aromatic heterocycles. The number of carbonyl (C=O) groups excluding carboxylic acids is 1. The Morgan fingerprint density at radius 1 is 1.13 bits per heavy atom. The summed E-state index contributed by atoms with van der Waals surface area (Å²) in [5, 5.41) is 11.8. The molecular formula is C21H23N4O6+. The minimum atomic E-state index is -1.08. The van der Waals surface area contributed by atoms with E-state index in [9.17, 15) is 19.5 Å². The highest BCUT2D eigenvalue weighted by Crippen LogP contribution is 2.21. The largest absolute Gasteiger partial charge is 0.497 e. The number of methoxy groups -OCH3 is 1. The molecule has 0 atom stereocenters. The number of aliphatic carboxylic acids is 1. The van der Waals surface area contributed by atoms with Gasteiger partial charge in [0.25, 0.3) is 0 Å². The molecule has 0 radical (unpaired) electrons. The molecule has 2 aromatic carbocycles. The fraction of sp³-hybridized carbons (Fsp3) is 0.238. The number of aromatic nitrogens is 2. The van der Waals surface area contributed by atoms with Crippen LogP contribution in [0.15, 0.2) is 63.9 Å². The Kier molecular flexibility index (Phi) is 6.71. The number of ether oxygens (including phenoxy) is 1. The number of carboxylic acid groups (broad SMARTS) is 1. The summed E-state index contributed by atoms with van der Waals surface area (Å²) in [4.78, 5) is 39.1. The van der Waals surface area contributed by atoms with Crippen molar-refractivity contribution < 1.29 is 28.6 Å². The molecule has 0 fully saturated rings. The van der Waals surface area contributed by atoms with Crippen LogP contribution in [0.3, 0.4) is 0 Å². The molecule has 0 aliphatic rings. The summed E-state index contributed by atoms with van der Waals surface area (Å²) < 4.78 is 11.5. The van der Waals surface area contributed by atoms with E-state index in [2.05, 4.69) is 5.27 Å². The maximum atomic E-state index is 12.9. The lowest BCUT2D eigenvalue weighted by atomic mass is 10.2. The number of hydrogen-bond acceptors (Lipinski definition) is 6. The summed E-state index contributed by atoms with van der Waals surface area (Å²) in [6, 6.07) is 15.8. The fourth-order valence-corrected chi connectivity index (χ4v) is 3.02. The number of benzene rings is 2. The van der Waals surface area contributed by atoms with Crippen molar-refractivity contribution in [1.29, 1.82) is 0 Å². The Morgan fingerprint density at radius 2 is 1.87 bits per heavy atom. The Morgan fingerprint density at radius 3 is 2.55 bits per heavy atom. The van der Waals surface area contributed by atoms with Crippen molar-refractivity contribution in [2.45, 2.75) is 6.54 Å². The maximum absolute atomic E-state index is 12.9. The molecule has 0 saturated heterocycles. The number of amides is 1. The Bertz CT molecular complexity index is 1110. The maximum Gasteiger partial charge on any atom is 0.432 e. The second-order valence-corrected chi connectivity index (χ2v) is 6.80. The molecule has 1 heterocycles. The number of aromatic amines is 1. The van der Waals surface area contributed by atoms with Gasteiger partial charge in [-0.3, -0.25) is 14.1 Å². The van der Waals surface area contributed by atoms with Crippen molar-refractivity contribution in [3.63, 3.8) is 0 Å². The van der Waals surface area contributed by atoms with E-state index in [0.717, 1.165) is 0 Å². The number of carboxylic acids is 1. The first-order valence-corrected chi connectivity index (χ1v) is 9.41. The van der Waals surface area contributed by atoms with Gasteiger partial charge in [-0.25, -0.2) is 4.79 Å². The van der Waals surface area contributed by atoms with Crippen LogP contribution in [-0.2, 0) is 16.1 Å². The SMILES string of the molecule is COc1cccc(N(CC(=O)O)CC(=O)N(C)Cc2c(=O)o[nH][n+]2-c2ccccc2)c1. The Labute approximate surface area is 177 Å². The average Bonchev–Trinajstić information content (AvgIpc) is 3.13. The number of hydrogen-bond donors (Lipinski definition) is 2. The molecule has 0 aliphatic carbocycles. The van der Waals surface area contributed by atoms with Crippen LogP contribution in [0.25, 0.3) is 5.69 Å². The van der Waals surface area contributed by atoms with Gasteiger partial charge >= 0.3 is 17.3 Å². The molecule has 0 saturated carbocycles. The van der Waals surface area contributed by atoms with E-state index < -0.39 is 11.6 Å². The molecule has 2 N–H and O–H groups in total. The topological polar surface area (TPSA) is 120 Å². The van der Waals surface area contributed by atoms with Gasteiger partial charge in [0.1, 0.15) is 18.8 Å². The fourth-order valence-electron chi connectivity index (χ4n) is 3.02. The minimum absolute atomic E-state index is 0.0292. The van der Waals surface area contributed by atoms with Gasteiger partial charge in [-0.15, -0.1) is 0 Å². The predicted molar refractivity (Wildman–Crippen MR) is 110 cm³/mol.